The molecule has 20 heavy (non-hydrogen) atoms. The van der Waals surface area contributed by atoms with Gasteiger partial charge in [0.05, 0.1) is 0 Å². The van der Waals surface area contributed by atoms with Crippen molar-refractivity contribution < 1.29 is 0 Å². The summed E-state index contributed by atoms with van der Waals surface area (Å²) < 4.78 is 0. The van der Waals surface area contributed by atoms with Crippen LogP contribution in [0.25, 0.3) is 0 Å². The first-order valence-corrected chi connectivity index (χ1v) is 8.18. The molecule has 2 nitrogen and oxygen atoms in total. The fraction of sp³-hybridized carbons (Fsp3) is 0.667. The van der Waals surface area contributed by atoms with Crippen molar-refractivity contribution in [2.45, 2.75) is 64.1 Å². The van der Waals surface area contributed by atoms with E-state index in [-0.39, 0.29) is 6.04 Å². The van der Waals surface area contributed by atoms with E-state index in [2.05, 4.69) is 49.9 Å². The van der Waals surface area contributed by atoms with Gasteiger partial charge in [0.25, 0.3) is 0 Å². The Balaban J connectivity index is 1.86. The molecular formula is C18H28N2. The molecule has 0 radical (unpaired) electrons. The van der Waals surface area contributed by atoms with E-state index in [0.717, 1.165) is 5.92 Å². The molecule has 3 rings (SSSR count). The largest absolute Gasteiger partial charge is 0.323 e. The molecule has 1 aliphatic heterocycles. The Hall–Kier alpha value is -0.860. The van der Waals surface area contributed by atoms with Gasteiger partial charge in [-0.05, 0) is 55.7 Å². The molecule has 1 aromatic carbocycles. The standard InChI is InChI=1S/C18H28N2/c1-12-8-9-20(14(3)10-12)17-11-13(2)15-6-4-5-7-16(15)18(17)19/h4-7,12-14,17-18H,8-11,19H2,1-3H3. The number of likely N-dealkylation sites (tertiary alicyclic amines) is 1. The van der Waals surface area contributed by atoms with Crippen LogP contribution in [0, 0.1) is 5.92 Å². The summed E-state index contributed by atoms with van der Waals surface area (Å²) in [6.07, 6.45) is 3.85. The van der Waals surface area contributed by atoms with Crippen LogP contribution in [0.2, 0.25) is 0 Å². The first-order valence-electron chi connectivity index (χ1n) is 8.18. The van der Waals surface area contributed by atoms with Gasteiger partial charge in [-0.25, -0.2) is 0 Å². The summed E-state index contributed by atoms with van der Waals surface area (Å²) in [5.41, 5.74) is 9.48. The van der Waals surface area contributed by atoms with E-state index in [4.69, 9.17) is 5.73 Å². The molecule has 1 aliphatic carbocycles. The van der Waals surface area contributed by atoms with E-state index in [1.54, 1.807) is 0 Å². The Labute approximate surface area is 123 Å². The third-order valence-electron chi connectivity index (χ3n) is 5.51. The molecule has 0 amide bonds. The summed E-state index contributed by atoms with van der Waals surface area (Å²) in [6.45, 7) is 8.34. The van der Waals surface area contributed by atoms with Crippen molar-refractivity contribution in [1.29, 1.82) is 0 Å². The van der Waals surface area contributed by atoms with Crippen molar-refractivity contribution in [3.05, 3.63) is 35.4 Å². The molecule has 1 aromatic rings. The maximum Gasteiger partial charge on any atom is 0.0456 e. The first-order chi connectivity index (χ1) is 9.58. The zero-order valence-corrected chi connectivity index (χ0v) is 13.0. The lowest BCUT2D eigenvalue weighted by atomic mass is 9.76. The van der Waals surface area contributed by atoms with Gasteiger partial charge in [-0.15, -0.1) is 0 Å². The van der Waals surface area contributed by atoms with E-state index in [9.17, 15) is 0 Å². The zero-order chi connectivity index (χ0) is 14.3. The summed E-state index contributed by atoms with van der Waals surface area (Å²) in [5, 5.41) is 0. The molecule has 1 fully saturated rings. The fourth-order valence-electron chi connectivity index (χ4n) is 4.37. The molecule has 2 N–H and O–H groups in total. The Morgan fingerprint density at radius 1 is 1.05 bits per heavy atom. The van der Waals surface area contributed by atoms with Crippen LogP contribution < -0.4 is 5.73 Å². The summed E-state index contributed by atoms with van der Waals surface area (Å²) >= 11 is 0. The van der Waals surface area contributed by atoms with Crippen molar-refractivity contribution >= 4 is 0 Å². The lowest BCUT2D eigenvalue weighted by molar-refractivity contribution is 0.0567. The van der Waals surface area contributed by atoms with Crippen LogP contribution in [0.15, 0.2) is 24.3 Å². The van der Waals surface area contributed by atoms with E-state index in [1.165, 1.54) is 36.9 Å². The minimum Gasteiger partial charge on any atom is -0.323 e. The minimum absolute atomic E-state index is 0.179. The fourth-order valence-corrected chi connectivity index (χ4v) is 4.37. The normalized spacial score (nSPS) is 38.5. The van der Waals surface area contributed by atoms with Gasteiger partial charge in [-0.3, -0.25) is 4.90 Å². The highest BCUT2D eigenvalue weighted by molar-refractivity contribution is 5.36. The molecule has 2 heteroatoms. The minimum atomic E-state index is 0.179. The number of hydrogen-bond acceptors (Lipinski definition) is 2. The Bertz CT molecular complexity index is 470. The van der Waals surface area contributed by atoms with Crippen molar-refractivity contribution in [2.24, 2.45) is 11.7 Å². The number of nitrogens with zero attached hydrogens (tertiary/aromatic N) is 1. The average molecular weight is 272 g/mol. The van der Waals surface area contributed by atoms with Gasteiger partial charge in [-0.2, -0.15) is 0 Å². The second kappa shape index (κ2) is 5.50. The maximum absolute atomic E-state index is 6.64. The number of fused-ring (bicyclic) bond motifs is 1. The van der Waals surface area contributed by atoms with Crippen molar-refractivity contribution in [3.63, 3.8) is 0 Å². The number of nitrogens with two attached hydrogens (primary N) is 1. The van der Waals surface area contributed by atoms with Gasteiger partial charge in [-0.1, -0.05) is 38.1 Å². The van der Waals surface area contributed by atoms with Gasteiger partial charge in [0.15, 0.2) is 0 Å². The number of hydrogen-bond donors (Lipinski definition) is 1. The summed E-state index contributed by atoms with van der Waals surface area (Å²) in [6, 6.07) is 10.1. The molecule has 0 saturated carbocycles. The molecular weight excluding hydrogens is 244 g/mol. The summed E-state index contributed by atoms with van der Waals surface area (Å²) in [7, 11) is 0. The maximum atomic E-state index is 6.64. The molecule has 0 aromatic heterocycles. The Morgan fingerprint density at radius 3 is 2.45 bits per heavy atom. The van der Waals surface area contributed by atoms with Crippen LogP contribution in [0.4, 0.5) is 0 Å². The zero-order valence-electron chi connectivity index (χ0n) is 13.0. The molecule has 110 valence electrons. The topological polar surface area (TPSA) is 29.3 Å². The molecule has 1 saturated heterocycles. The van der Waals surface area contributed by atoms with Crippen LogP contribution in [0.1, 0.15) is 63.1 Å². The number of rotatable bonds is 1. The van der Waals surface area contributed by atoms with Gasteiger partial charge in [0, 0.05) is 18.1 Å². The second-order valence-corrected chi connectivity index (χ2v) is 7.08. The van der Waals surface area contributed by atoms with E-state index in [0.29, 0.717) is 18.0 Å². The van der Waals surface area contributed by atoms with E-state index < -0.39 is 0 Å². The molecule has 5 atom stereocenters. The van der Waals surface area contributed by atoms with Crippen molar-refractivity contribution in [2.75, 3.05) is 6.54 Å². The SMILES string of the molecule is CC1CCN(C2CC(C)c3ccccc3C2N)C(C)C1. The van der Waals surface area contributed by atoms with Crippen LogP contribution in [-0.2, 0) is 0 Å². The third kappa shape index (κ3) is 2.40. The summed E-state index contributed by atoms with van der Waals surface area (Å²) in [5.74, 6) is 1.49. The smallest absolute Gasteiger partial charge is 0.0456 e. The quantitative estimate of drug-likeness (QED) is 0.845. The van der Waals surface area contributed by atoms with Gasteiger partial charge in [0.2, 0.25) is 0 Å². The van der Waals surface area contributed by atoms with Crippen molar-refractivity contribution in [1.82, 2.24) is 4.90 Å². The monoisotopic (exact) mass is 272 g/mol. The molecule has 2 aliphatic rings. The highest BCUT2D eigenvalue weighted by atomic mass is 15.2. The predicted molar refractivity (Wildman–Crippen MR) is 84.8 cm³/mol. The van der Waals surface area contributed by atoms with Crippen LogP contribution in [0.3, 0.4) is 0 Å². The van der Waals surface area contributed by atoms with Crippen molar-refractivity contribution in [3.8, 4) is 0 Å². The van der Waals surface area contributed by atoms with Gasteiger partial charge >= 0.3 is 0 Å². The third-order valence-corrected chi connectivity index (χ3v) is 5.51. The van der Waals surface area contributed by atoms with Crippen LogP contribution in [-0.4, -0.2) is 23.5 Å². The Morgan fingerprint density at radius 2 is 1.75 bits per heavy atom. The van der Waals surface area contributed by atoms with Crippen LogP contribution >= 0.6 is 0 Å². The van der Waals surface area contributed by atoms with Gasteiger partial charge < -0.3 is 5.73 Å². The second-order valence-electron chi connectivity index (χ2n) is 7.08. The van der Waals surface area contributed by atoms with Crippen LogP contribution in [0.5, 0.6) is 0 Å². The lowest BCUT2D eigenvalue weighted by Crippen LogP contribution is -2.52. The molecule has 0 spiro atoms. The highest BCUT2D eigenvalue weighted by Crippen LogP contribution is 2.40. The van der Waals surface area contributed by atoms with Gasteiger partial charge in [0.1, 0.15) is 0 Å². The first kappa shape index (κ1) is 14.1. The van der Waals surface area contributed by atoms with E-state index >= 15 is 0 Å². The highest BCUT2D eigenvalue weighted by Gasteiger charge is 2.37. The number of benzene rings is 1. The predicted octanol–water partition coefficient (Wildman–Crippen LogP) is 3.68. The average Bonchev–Trinajstić information content (AvgIpc) is 2.43. The lowest BCUT2D eigenvalue weighted by Gasteiger charge is -2.47. The van der Waals surface area contributed by atoms with E-state index in [1.807, 2.05) is 0 Å². The number of piperidine rings is 1. The summed E-state index contributed by atoms with van der Waals surface area (Å²) in [4.78, 5) is 2.69. The molecule has 5 unspecified atom stereocenters. The molecule has 1 heterocycles. The Kier molecular flexibility index (Phi) is 3.87. The molecule has 0 bridgehead atoms.